The molecule has 0 saturated heterocycles. The molecule has 0 aliphatic heterocycles. The minimum absolute atomic E-state index is 0.132. The van der Waals surface area contributed by atoms with Gasteiger partial charge in [-0.3, -0.25) is 4.68 Å². The van der Waals surface area contributed by atoms with Crippen molar-refractivity contribution in [1.82, 2.24) is 15.0 Å². The Morgan fingerprint density at radius 2 is 2.14 bits per heavy atom. The van der Waals surface area contributed by atoms with Crippen molar-refractivity contribution in [1.29, 1.82) is 0 Å². The van der Waals surface area contributed by atoms with Crippen LogP contribution in [0.5, 0.6) is 5.75 Å². The molecule has 0 radical (unpaired) electrons. The molecule has 21 heavy (non-hydrogen) atoms. The number of rotatable bonds is 8. The number of hydrogen-bond acceptors (Lipinski definition) is 5. The van der Waals surface area contributed by atoms with E-state index in [-0.39, 0.29) is 12.7 Å². The number of hydrogen-bond donors (Lipinski definition) is 2. The molecular weight excluding hydrogens is 268 g/mol. The molecular formula is C15H22N4O2. The summed E-state index contributed by atoms with van der Waals surface area (Å²) >= 11 is 0. The number of aliphatic hydroxyl groups is 1. The van der Waals surface area contributed by atoms with Crippen LogP contribution in [0.1, 0.15) is 26.0 Å². The Balaban J connectivity index is 1.95. The van der Waals surface area contributed by atoms with Gasteiger partial charge in [-0.25, -0.2) is 0 Å². The molecule has 0 saturated carbocycles. The summed E-state index contributed by atoms with van der Waals surface area (Å²) < 4.78 is 7.50. The van der Waals surface area contributed by atoms with Gasteiger partial charge in [0, 0.05) is 13.2 Å². The van der Waals surface area contributed by atoms with E-state index in [4.69, 9.17) is 9.84 Å². The molecule has 114 valence electrons. The minimum Gasteiger partial charge on any atom is -0.489 e. The monoisotopic (exact) mass is 290 g/mol. The second-order valence-electron chi connectivity index (χ2n) is 5.07. The van der Waals surface area contributed by atoms with Crippen LogP contribution in [0, 0.1) is 0 Å². The standard InChI is InChI=1S/C15H22N4O2/c1-12(2)21-15-7-4-3-6-14(15)16-10-13-11-19(18-17-13)8-5-9-20/h3-4,6-7,11-12,16,20H,5,8-10H2,1-2H3. The van der Waals surface area contributed by atoms with Gasteiger partial charge < -0.3 is 15.2 Å². The van der Waals surface area contributed by atoms with E-state index in [1.54, 1.807) is 4.68 Å². The topological polar surface area (TPSA) is 72.2 Å². The highest BCUT2D eigenvalue weighted by atomic mass is 16.5. The van der Waals surface area contributed by atoms with Crippen molar-refractivity contribution in [2.75, 3.05) is 11.9 Å². The van der Waals surface area contributed by atoms with E-state index < -0.39 is 0 Å². The number of aryl methyl sites for hydroxylation is 1. The van der Waals surface area contributed by atoms with Crippen molar-refractivity contribution in [3.63, 3.8) is 0 Å². The highest BCUT2D eigenvalue weighted by Crippen LogP contribution is 2.25. The van der Waals surface area contributed by atoms with Gasteiger partial charge in [-0.15, -0.1) is 5.10 Å². The zero-order chi connectivity index (χ0) is 15.1. The fourth-order valence-electron chi connectivity index (χ4n) is 1.92. The third-order valence-electron chi connectivity index (χ3n) is 2.84. The quantitative estimate of drug-likeness (QED) is 0.778. The molecule has 0 aliphatic rings. The maximum absolute atomic E-state index is 8.80. The zero-order valence-electron chi connectivity index (χ0n) is 12.5. The van der Waals surface area contributed by atoms with Crippen molar-refractivity contribution in [3.05, 3.63) is 36.2 Å². The summed E-state index contributed by atoms with van der Waals surface area (Å²) in [5, 5.41) is 20.2. The normalized spacial score (nSPS) is 10.9. The number of anilines is 1. The van der Waals surface area contributed by atoms with E-state index in [9.17, 15) is 0 Å². The molecule has 0 atom stereocenters. The molecule has 0 aliphatic carbocycles. The molecule has 2 aromatic rings. The van der Waals surface area contributed by atoms with Crippen LogP contribution in [0.4, 0.5) is 5.69 Å². The Hall–Kier alpha value is -2.08. The molecule has 0 bridgehead atoms. The SMILES string of the molecule is CC(C)Oc1ccccc1NCc1cn(CCCO)nn1. The Morgan fingerprint density at radius 1 is 1.33 bits per heavy atom. The molecule has 1 heterocycles. The Labute approximate surface area is 124 Å². The third kappa shape index (κ3) is 4.75. The second-order valence-corrected chi connectivity index (χ2v) is 5.07. The van der Waals surface area contributed by atoms with Crippen molar-refractivity contribution in [2.45, 2.75) is 39.5 Å². The smallest absolute Gasteiger partial charge is 0.142 e. The summed E-state index contributed by atoms with van der Waals surface area (Å²) in [6.45, 7) is 5.43. The summed E-state index contributed by atoms with van der Waals surface area (Å²) in [5.41, 5.74) is 1.79. The van der Waals surface area contributed by atoms with Crippen LogP contribution in [0.15, 0.2) is 30.5 Å². The highest BCUT2D eigenvalue weighted by Gasteiger charge is 2.06. The Morgan fingerprint density at radius 3 is 2.90 bits per heavy atom. The van der Waals surface area contributed by atoms with Gasteiger partial charge in [0.25, 0.3) is 0 Å². The molecule has 1 aromatic carbocycles. The summed E-state index contributed by atoms with van der Waals surface area (Å²) in [6.07, 6.45) is 2.70. The number of nitrogens with zero attached hydrogens (tertiary/aromatic N) is 3. The second kappa shape index (κ2) is 7.64. The first-order valence-corrected chi connectivity index (χ1v) is 7.18. The van der Waals surface area contributed by atoms with Crippen LogP contribution in [0.25, 0.3) is 0 Å². The number of para-hydroxylation sites is 2. The maximum Gasteiger partial charge on any atom is 0.142 e. The predicted octanol–water partition coefficient (Wildman–Crippen LogP) is 2.06. The maximum atomic E-state index is 8.80. The van der Waals surface area contributed by atoms with Crippen molar-refractivity contribution >= 4 is 5.69 Å². The lowest BCUT2D eigenvalue weighted by Gasteiger charge is -2.14. The van der Waals surface area contributed by atoms with Gasteiger partial charge in [-0.2, -0.15) is 0 Å². The van der Waals surface area contributed by atoms with E-state index in [2.05, 4.69) is 15.6 Å². The first-order valence-electron chi connectivity index (χ1n) is 7.18. The lowest BCUT2D eigenvalue weighted by molar-refractivity contribution is 0.243. The van der Waals surface area contributed by atoms with Crippen LogP contribution < -0.4 is 10.1 Å². The predicted molar refractivity (Wildman–Crippen MR) is 81.3 cm³/mol. The average molecular weight is 290 g/mol. The van der Waals surface area contributed by atoms with Gasteiger partial charge in [0.1, 0.15) is 11.4 Å². The minimum atomic E-state index is 0.132. The van der Waals surface area contributed by atoms with Gasteiger partial charge in [-0.1, -0.05) is 17.3 Å². The summed E-state index contributed by atoms with van der Waals surface area (Å²) in [4.78, 5) is 0. The first kappa shape index (κ1) is 15.3. The molecule has 6 nitrogen and oxygen atoms in total. The van der Waals surface area contributed by atoms with E-state index >= 15 is 0 Å². The third-order valence-corrected chi connectivity index (χ3v) is 2.84. The number of ether oxygens (including phenoxy) is 1. The Kier molecular flexibility index (Phi) is 5.57. The molecule has 2 rings (SSSR count). The van der Waals surface area contributed by atoms with Crippen LogP contribution in [0.3, 0.4) is 0 Å². The van der Waals surface area contributed by atoms with Gasteiger partial charge in [0.2, 0.25) is 0 Å². The number of benzene rings is 1. The number of nitrogens with one attached hydrogen (secondary N) is 1. The highest BCUT2D eigenvalue weighted by molar-refractivity contribution is 5.56. The molecule has 6 heteroatoms. The number of aromatic nitrogens is 3. The average Bonchev–Trinajstić information content (AvgIpc) is 2.91. The van der Waals surface area contributed by atoms with Crippen molar-refractivity contribution in [2.24, 2.45) is 0 Å². The van der Waals surface area contributed by atoms with Crippen molar-refractivity contribution < 1.29 is 9.84 Å². The molecule has 0 fully saturated rings. The number of aliphatic hydroxyl groups excluding tert-OH is 1. The molecule has 0 spiro atoms. The van der Waals surface area contributed by atoms with E-state index in [0.717, 1.165) is 17.1 Å². The molecule has 2 N–H and O–H groups in total. The van der Waals surface area contributed by atoms with Crippen LogP contribution in [-0.4, -0.2) is 32.8 Å². The summed E-state index contributed by atoms with van der Waals surface area (Å²) in [5.74, 6) is 0.833. The van der Waals surface area contributed by atoms with E-state index in [1.165, 1.54) is 0 Å². The van der Waals surface area contributed by atoms with E-state index in [1.807, 2.05) is 44.3 Å². The van der Waals surface area contributed by atoms with E-state index in [0.29, 0.717) is 19.5 Å². The van der Waals surface area contributed by atoms with Crippen LogP contribution in [-0.2, 0) is 13.1 Å². The summed E-state index contributed by atoms with van der Waals surface area (Å²) in [6, 6.07) is 7.84. The lowest BCUT2D eigenvalue weighted by atomic mass is 10.3. The van der Waals surface area contributed by atoms with Crippen molar-refractivity contribution in [3.8, 4) is 5.75 Å². The molecule has 1 aromatic heterocycles. The van der Waals surface area contributed by atoms with Gasteiger partial charge in [-0.05, 0) is 32.4 Å². The van der Waals surface area contributed by atoms with Gasteiger partial charge in [0.15, 0.2) is 0 Å². The van der Waals surface area contributed by atoms with Gasteiger partial charge >= 0.3 is 0 Å². The molecule has 0 amide bonds. The summed E-state index contributed by atoms with van der Waals surface area (Å²) in [7, 11) is 0. The van der Waals surface area contributed by atoms with Gasteiger partial charge in [0.05, 0.1) is 24.5 Å². The Bertz CT molecular complexity index is 554. The lowest BCUT2D eigenvalue weighted by Crippen LogP contribution is -2.08. The largest absolute Gasteiger partial charge is 0.489 e. The van der Waals surface area contributed by atoms with Crippen LogP contribution in [0.2, 0.25) is 0 Å². The fraction of sp³-hybridized carbons (Fsp3) is 0.467. The fourth-order valence-corrected chi connectivity index (χ4v) is 1.92. The first-order chi connectivity index (χ1) is 10.2. The van der Waals surface area contributed by atoms with Crippen LogP contribution >= 0.6 is 0 Å². The molecule has 0 unspecified atom stereocenters. The zero-order valence-corrected chi connectivity index (χ0v) is 12.5.